The largest absolute Gasteiger partial charge is 0.370 e. The predicted octanol–water partition coefficient (Wildman–Crippen LogP) is 1.23. The topological polar surface area (TPSA) is 96.2 Å². The highest BCUT2D eigenvalue weighted by atomic mass is 16.6. The zero-order chi connectivity index (χ0) is 11.6. The molecule has 0 aromatic heterocycles. The van der Waals surface area contributed by atoms with Crippen LogP contribution in [-0.2, 0) is 0 Å². The number of hydrogen-bond donors (Lipinski definition) is 2. The smallest absolute Gasteiger partial charge is 0.269 e. The molecule has 1 aromatic carbocycles. The van der Waals surface area contributed by atoms with Crippen LogP contribution in [0.4, 0.5) is 11.4 Å². The normalized spacial score (nSPS) is 9.73. The molecule has 0 fully saturated rings. The second-order valence-corrected chi connectivity index (χ2v) is 3.17. The first-order valence-electron chi connectivity index (χ1n) is 4.26. The van der Waals surface area contributed by atoms with E-state index < -0.39 is 4.92 Å². The van der Waals surface area contributed by atoms with Crippen LogP contribution in [0.1, 0.15) is 5.56 Å². The number of nitrogens with one attached hydrogen (secondary N) is 1. The lowest BCUT2D eigenvalue weighted by Gasteiger charge is -2.18. The number of benzene rings is 1. The average Bonchev–Trinajstić information content (AvgIpc) is 2.16. The summed E-state index contributed by atoms with van der Waals surface area (Å²) in [6.07, 6.45) is 0. The summed E-state index contributed by atoms with van der Waals surface area (Å²) in [6, 6.07) is 4.42. The van der Waals surface area contributed by atoms with Gasteiger partial charge in [0, 0.05) is 24.9 Å². The first-order chi connectivity index (χ1) is 6.93. The fourth-order valence-electron chi connectivity index (χ4n) is 1.26. The van der Waals surface area contributed by atoms with Crippen LogP contribution in [0.2, 0.25) is 0 Å². The van der Waals surface area contributed by atoms with Gasteiger partial charge >= 0.3 is 0 Å². The molecule has 15 heavy (non-hydrogen) atoms. The summed E-state index contributed by atoms with van der Waals surface area (Å²) in [5, 5.41) is 17.7. The third-order valence-electron chi connectivity index (χ3n) is 2.11. The van der Waals surface area contributed by atoms with Crippen LogP contribution in [0.3, 0.4) is 0 Å². The Balaban J connectivity index is 3.13. The maximum atomic E-state index is 10.5. The van der Waals surface area contributed by atoms with E-state index >= 15 is 0 Å². The van der Waals surface area contributed by atoms with Gasteiger partial charge in [-0.2, -0.15) is 0 Å². The SMILES string of the molecule is Cc1cc([N+](=O)[O-])ccc1N(C)C(=N)N. The van der Waals surface area contributed by atoms with Crippen LogP contribution in [-0.4, -0.2) is 17.9 Å². The summed E-state index contributed by atoms with van der Waals surface area (Å²) in [4.78, 5) is 11.5. The molecule has 80 valence electrons. The Kier molecular flexibility index (Phi) is 2.89. The van der Waals surface area contributed by atoms with E-state index in [9.17, 15) is 10.1 Å². The molecule has 0 radical (unpaired) electrons. The lowest BCUT2D eigenvalue weighted by molar-refractivity contribution is -0.384. The predicted molar refractivity (Wildman–Crippen MR) is 58.2 cm³/mol. The molecule has 1 rings (SSSR count). The third-order valence-corrected chi connectivity index (χ3v) is 2.11. The standard InChI is InChI=1S/C9H12N4O2/c1-6-5-7(13(14)15)3-4-8(6)12(2)9(10)11/h3-5H,1-2H3,(H3,10,11). The van der Waals surface area contributed by atoms with Crippen molar-refractivity contribution in [3.63, 3.8) is 0 Å². The molecular weight excluding hydrogens is 196 g/mol. The number of nitrogens with two attached hydrogens (primary N) is 1. The van der Waals surface area contributed by atoms with Gasteiger partial charge in [-0.05, 0) is 18.6 Å². The number of nitro benzene ring substituents is 1. The number of guanidine groups is 1. The molecule has 0 aliphatic heterocycles. The van der Waals surface area contributed by atoms with E-state index in [1.807, 2.05) is 0 Å². The summed E-state index contributed by atoms with van der Waals surface area (Å²) in [7, 11) is 1.64. The zero-order valence-electron chi connectivity index (χ0n) is 8.52. The van der Waals surface area contributed by atoms with E-state index in [4.69, 9.17) is 11.1 Å². The van der Waals surface area contributed by atoms with Crippen LogP contribution >= 0.6 is 0 Å². The van der Waals surface area contributed by atoms with Crippen LogP contribution in [0.25, 0.3) is 0 Å². The quantitative estimate of drug-likeness (QED) is 0.330. The molecule has 0 saturated carbocycles. The molecule has 0 aliphatic carbocycles. The van der Waals surface area contributed by atoms with Crippen molar-refractivity contribution >= 4 is 17.3 Å². The fourth-order valence-corrected chi connectivity index (χ4v) is 1.26. The highest BCUT2D eigenvalue weighted by molar-refractivity contribution is 5.92. The molecule has 0 amide bonds. The highest BCUT2D eigenvalue weighted by Crippen LogP contribution is 2.23. The van der Waals surface area contributed by atoms with Gasteiger partial charge < -0.3 is 10.6 Å². The van der Waals surface area contributed by atoms with Gasteiger partial charge in [-0.15, -0.1) is 0 Å². The van der Waals surface area contributed by atoms with Gasteiger partial charge in [0.1, 0.15) is 0 Å². The summed E-state index contributed by atoms with van der Waals surface area (Å²) in [5.41, 5.74) is 6.74. The molecule has 3 N–H and O–H groups in total. The second-order valence-electron chi connectivity index (χ2n) is 3.17. The number of non-ortho nitro benzene ring substituents is 1. The molecule has 0 heterocycles. The number of rotatable bonds is 2. The van der Waals surface area contributed by atoms with Crippen molar-refractivity contribution in [2.45, 2.75) is 6.92 Å². The lowest BCUT2D eigenvalue weighted by Crippen LogP contribution is -2.33. The van der Waals surface area contributed by atoms with Crippen molar-refractivity contribution in [2.24, 2.45) is 5.73 Å². The Bertz CT molecular complexity index is 417. The number of nitro groups is 1. The molecule has 0 saturated heterocycles. The Morgan fingerprint density at radius 3 is 2.60 bits per heavy atom. The minimum absolute atomic E-state index is 0.0354. The van der Waals surface area contributed by atoms with Gasteiger partial charge in [-0.3, -0.25) is 15.5 Å². The van der Waals surface area contributed by atoms with E-state index in [2.05, 4.69) is 0 Å². The van der Waals surface area contributed by atoms with Gasteiger partial charge in [-0.25, -0.2) is 0 Å². The van der Waals surface area contributed by atoms with Gasteiger partial charge in [0.25, 0.3) is 5.69 Å². The molecule has 0 spiro atoms. The number of hydrogen-bond acceptors (Lipinski definition) is 3. The van der Waals surface area contributed by atoms with Crippen LogP contribution in [0.5, 0.6) is 0 Å². The first kappa shape index (κ1) is 11.0. The average molecular weight is 208 g/mol. The van der Waals surface area contributed by atoms with Gasteiger partial charge in [0.05, 0.1) is 4.92 Å². The van der Waals surface area contributed by atoms with Crippen molar-refractivity contribution in [1.29, 1.82) is 5.41 Å². The lowest BCUT2D eigenvalue weighted by atomic mass is 10.1. The summed E-state index contributed by atoms with van der Waals surface area (Å²) < 4.78 is 0. The summed E-state index contributed by atoms with van der Waals surface area (Å²) >= 11 is 0. The third kappa shape index (κ3) is 2.22. The van der Waals surface area contributed by atoms with Gasteiger partial charge in [0.2, 0.25) is 0 Å². The summed E-state index contributed by atoms with van der Waals surface area (Å²) in [6.45, 7) is 1.74. The number of anilines is 1. The van der Waals surface area contributed by atoms with E-state index in [-0.39, 0.29) is 11.6 Å². The molecule has 6 nitrogen and oxygen atoms in total. The maximum absolute atomic E-state index is 10.5. The monoisotopic (exact) mass is 208 g/mol. The molecule has 0 unspecified atom stereocenters. The molecule has 6 heteroatoms. The molecule has 1 aromatic rings. The van der Waals surface area contributed by atoms with Crippen molar-refractivity contribution < 1.29 is 4.92 Å². The fraction of sp³-hybridized carbons (Fsp3) is 0.222. The first-order valence-corrected chi connectivity index (χ1v) is 4.26. The second kappa shape index (κ2) is 3.95. The minimum Gasteiger partial charge on any atom is -0.370 e. The Morgan fingerprint density at radius 1 is 1.60 bits per heavy atom. The molecular formula is C9H12N4O2. The maximum Gasteiger partial charge on any atom is 0.269 e. The number of aryl methyl sites for hydroxylation is 1. The van der Waals surface area contributed by atoms with E-state index in [1.54, 1.807) is 20.0 Å². The Hall–Kier alpha value is -2.11. The van der Waals surface area contributed by atoms with Gasteiger partial charge in [-0.1, -0.05) is 0 Å². The minimum atomic E-state index is -0.454. The van der Waals surface area contributed by atoms with Crippen molar-refractivity contribution in [3.8, 4) is 0 Å². The van der Waals surface area contributed by atoms with Crippen LogP contribution < -0.4 is 10.6 Å². The molecule has 0 atom stereocenters. The highest BCUT2D eigenvalue weighted by Gasteiger charge is 2.11. The Labute approximate surface area is 87.0 Å². The van der Waals surface area contributed by atoms with E-state index in [0.29, 0.717) is 11.3 Å². The van der Waals surface area contributed by atoms with Crippen molar-refractivity contribution in [3.05, 3.63) is 33.9 Å². The zero-order valence-corrected chi connectivity index (χ0v) is 8.52. The van der Waals surface area contributed by atoms with Crippen molar-refractivity contribution in [1.82, 2.24) is 0 Å². The van der Waals surface area contributed by atoms with Gasteiger partial charge in [0.15, 0.2) is 5.96 Å². The molecule has 0 aliphatic rings. The van der Waals surface area contributed by atoms with Crippen LogP contribution in [0.15, 0.2) is 18.2 Å². The van der Waals surface area contributed by atoms with Crippen molar-refractivity contribution in [2.75, 3.05) is 11.9 Å². The van der Waals surface area contributed by atoms with Crippen LogP contribution in [0, 0.1) is 22.4 Å². The summed E-state index contributed by atoms with van der Waals surface area (Å²) in [5.74, 6) is -0.105. The Morgan fingerprint density at radius 2 is 2.20 bits per heavy atom. The van der Waals surface area contributed by atoms with E-state index in [0.717, 1.165) is 0 Å². The molecule has 0 bridgehead atoms. The number of nitrogens with zero attached hydrogens (tertiary/aromatic N) is 2. The van der Waals surface area contributed by atoms with E-state index in [1.165, 1.54) is 17.0 Å².